The number of nitrogens with one attached hydrogen (secondary N) is 1. The van der Waals surface area contributed by atoms with Crippen LogP contribution in [0.15, 0.2) is 12.2 Å². The zero-order valence-electron chi connectivity index (χ0n) is 11.7. The molecule has 17 heavy (non-hydrogen) atoms. The third-order valence-electron chi connectivity index (χ3n) is 3.94. The molecule has 2 nitrogen and oxygen atoms in total. The van der Waals surface area contributed by atoms with Gasteiger partial charge in [-0.05, 0) is 26.2 Å². The van der Waals surface area contributed by atoms with Crippen molar-refractivity contribution in [1.29, 1.82) is 0 Å². The minimum absolute atomic E-state index is 0.171. The number of hydrogen-bond donors (Lipinski definition) is 1. The Hall–Kier alpha value is -0.630. The van der Waals surface area contributed by atoms with E-state index in [2.05, 4.69) is 38.2 Å². The molecule has 0 spiro atoms. The molecule has 0 aromatic heterocycles. The number of ketones is 1. The van der Waals surface area contributed by atoms with Crippen molar-refractivity contribution in [2.45, 2.75) is 65.5 Å². The summed E-state index contributed by atoms with van der Waals surface area (Å²) in [4.78, 5) is 12.5. The van der Waals surface area contributed by atoms with Crippen molar-refractivity contribution >= 4 is 5.78 Å². The Kier molecular flexibility index (Phi) is 5.90. The van der Waals surface area contributed by atoms with Crippen LogP contribution in [0.1, 0.15) is 53.4 Å². The number of Topliss-reactive ketones (excluding diaryl/α,β-unsaturated/α-hetero) is 1. The molecule has 2 heteroatoms. The second-order valence-corrected chi connectivity index (χ2v) is 5.05. The van der Waals surface area contributed by atoms with Crippen molar-refractivity contribution in [3.05, 3.63) is 12.2 Å². The number of hydrogen-bond acceptors (Lipinski definition) is 2. The topological polar surface area (TPSA) is 29.1 Å². The molecular weight excluding hydrogens is 210 g/mol. The summed E-state index contributed by atoms with van der Waals surface area (Å²) in [5.41, 5.74) is 0. The van der Waals surface area contributed by atoms with Gasteiger partial charge in [-0.15, -0.1) is 0 Å². The van der Waals surface area contributed by atoms with Gasteiger partial charge in [0.05, 0.1) is 0 Å². The van der Waals surface area contributed by atoms with Crippen LogP contribution in [0.5, 0.6) is 0 Å². The summed E-state index contributed by atoms with van der Waals surface area (Å²) in [5.74, 6) is 0.876. The average molecular weight is 237 g/mol. The van der Waals surface area contributed by atoms with Gasteiger partial charge in [0, 0.05) is 23.9 Å². The fourth-order valence-corrected chi connectivity index (χ4v) is 3.06. The van der Waals surface area contributed by atoms with Crippen LogP contribution in [0.4, 0.5) is 0 Å². The number of rotatable bonds is 5. The van der Waals surface area contributed by atoms with Gasteiger partial charge in [0.25, 0.3) is 0 Å². The Bertz CT molecular complexity index is 272. The van der Waals surface area contributed by atoms with E-state index in [0.29, 0.717) is 11.8 Å². The van der Waals surface area contributed by atoms with Crippen molar-refractivity contribution in [2.24, 2.45) is 11.8 Å². The van der Waals surface area contributed by atoms with E-state index in [1.807, 2.05) is 6.92 Å². The molecule has 0 aromatic rings. The van der Waals surface area contributed by atoms with E-state index >= 15 is 0 Å². The number of allylic oxidation sites excluding steroid dienone is 1. The maximum absolute atomic E-state index is 12.5. The van der Waals surface area contributed by atoms with Gasteiger partial charge in [0.15, 0.2) is 0 Å². The summed E-state index contributed by atoms with van der Waals surface area (Å²) >= 11 is 0. The molecule has 98 valence electrons. The molecular formula is C15H27NO. The maximum atomic E-state index is 12.5. The molecule has 1 aliphatic heterocycles. The van der Waals surface area contributed by atoms with Crippen LogP contribution in [-0.4, -0.2) is 17.9 Å². The van der Waals surface area contributed by atoms with Crippen LogP contribution in [0.3, 0.4) is 0 Å². The first-order chi connectivity index (χ1) is 8.19. The van der Waals surface area contributed by atoms with Crippen LogP contribution < -0.4 is 5.32 Å². The van der Waals surface area contributed by atoms with Gasteiger partial charge in [0.1, 0.15) is 5.78 Å². The predicted octanol–water partition coefficient (Wildman–Crippen LogP) is 3.32. The van der Waals surface area contributed by atoms with E-state index in [4.69, 9.17) is 0 Å². The van der Waals surface area contributed by atoms with E-state index < -0.39 is 0 Å². The molecule has 0 aliphatic carbocycles. The molecule has 1 saturated heterocycles. The molecule has 4 atom stereocenters. The number of carbonyl (C=O) groups excluding carboxylic acids is 1. The van der Waals surface area contributed by atoms with Crippen LogP contribution in [-0.2, 0) is 4.79 Å². The fourth-order valence-electron chi connectivity index (χ4n) is 3.06. The summed E-state index contributed by atoms with van der Waals surface area (Å²) in [6, 6.07) is 0.623. The van der Waals surface area contributed by atoms with Crippen LogP contribution >= 0.6 is 0 Å². The van der Waals surface area contributed by atoms with E-state index in [9.17, 15) is 4.79 Å². The average Bonchev–Trinajstić information content (AvgIpc) is 2.30. The van der Waals surface area contributed by atoms with Crippen molar-refractivity contribution in [3.8, 4) is 0 Å². The summed E-state index contributed by atoms with van der Waals surface area (Å²) < 4.78 is 0. The Labute approximate surface area is 106 Å². The lowest BCUT2D eigenvalue weighted by Crippen LogP contribution is -2.56. The van der Waals surface area contributed by atoms with Gasteiger partial charge in [-0.25, -0.2) is 0 Å². The smallest absolute Gasteiger partial charge is 0.142 e. The molecule has 1 rings (SSSR count). The van der Waals surface area contributed by atoms with Crippen LogP contribution in [0, 0.1) is 11.8 Å². The lowest BCUT2D eigenvalue weighted by Gasteiger charge is -2.40. The zero-order valence-corrected chi connectivity index (χ0v) is 11.7. The molecule has 0 bridgehead atoms. The van der Waals surface area contributed by atoms with E-state index in [1.165, 1.54) is 0 Å². The third kappa shape index (κ3) is 3.19. The highest BCUT2D eigenvalue weighted by molar-refractivity contribution is 5.86. The first-order valence-electron chi connectivity index (χ1n) is 7.12. The maximum Gasteiger partial charge on any atom is 0.142 e. The molecule has 1 fully saturated rings. The van der Waals surface area contributed by atoms with Crippen molar-refractivity contribution in [3.63, 3.8) is 0 Å². The van der Waals surface area contributed by atoms with E-state index in [0.717, 1.165) is 25.7 Å². The SMILES string of the molecule is C/C=C/[C@@H]1N[C@H](CCC)[C@H](CC)C(=O)[C@H]1CC. The Balaban J connectivity index is 2.87. The highest BCUT2D eigenvalue weighted by atomic mass is 16.1. The second kappa shape index (κ2) is 6.95. The first-order valence-corrected chi connectivity index (χ1v) is 7.12. The molecule has 1 N–H and O–H groups in total. The monoisotopic (exact) mass is 237 g/mol. The van der Waals surface area contributed by atoms with E-state index in [-0.39, 0.29) is 17.9 Å². The molecule has 0 aromatic carbocycles. The molecule has 0 saturated carbocycles. The largest absolute Gasteiger partial charge is 0.306 e. The van der Waals surface area contributed by atoms with Gasteiger partial charge < -0.3 is 5.32 Å². The number of piperidine rings is 1. The second-order valence-electron chi connectivity index (χ2n) is 5.05. The Morgan fingerprint density at radius 2 is 1.82 bits per heavy atom. The normalized spacial score (nSPS) is 34.5. The van der Waals surface area contributed by atoms with Crippen LogP contribution in [0.2, 0.25) is 0 Å². The minimum atomic E-state index is 0.171. The highest BCUT2D eigenvalue weighted by Crippen LogP contribution is 2.29. The summed E-state index contributed by atoms with van der Waals surface area (Å²) in [6.07, 6.45) is 8.37. The van der Waals surface area contributed by atoms with Crippen molar-refractivity contribution in [1.82, 2.24) is 5.32 Å². The highest BCUT2D eigenvalue weighted by Gasteiger charge is 2.39. The summed E-state index contributed by atoms with van der Waals surface area (Å²) in [6.45, 7) is 8.47. The summed E-state index contributed by atoms with van der Waals surface area (Å²) in [5, 5.41) is 3.68. The van der Waals surface area contributed by atoms with Gasteiger partial charge in [-0.1, -0.05) is 39.3 Å². The predicted molar refractivity (Wildman–Crippen MR) is 73.0 cm³/mol. The molecule has 0 amide bonds. The fraction of sp³-hybridized carbons (Fsp3) is 0.800. The van der Waals surface area contributed by atoms with Gasteiger partial charge in [-0.3, -0.25) is 4.79 Å². The van der Waals surface area contributed by atoms with Gasteiger partial charge >= 0.3 is 0 Å². The van der Waals surface area contributed by atoms with Crippen molar-refractivity contribution in [2.75, 3.05) is 0 Å². The third-order valence-corrected chi connectivity index (χ3v) is 3.94. The summed E-state index contributed by atoms with van der Waals surface area (Å²) in [7, 11) is 0. The van der Waals surface area contributed by atoms with Crippen molar-refractivity contribution < 1.29 is 4.79 Å². The lowest BCUT2D eigenvalue weighted by molar-refractivity contribution is -0.131. The molecule has 0 unspecified atom stereocenters. The number of carbonyl (C=O) groups is 1. The van der Waals surface area contributed by atoms with Crippen LogP contribution in [0.25, 0.3) is 0 Å². The molecule has 1 heterocycles. The minimum Gasteiger partial charge on any atom is -0.306 e. The van der Waals surface area contributed by atoms with E-state index in [1.54, 1.807) is 0 Å². The first kappa shape index (κ1) is 14.4. The Morgan fingerprint density at radius 1 is 1.18 bits per heavy atom. The van der Waals surface area contributed by atoms with Gasteiger partial charge in [0.2, 0.25) is 0 Å². The Morgan fingerprint density at radius 3 is 2.29 bits per heavy atom. The molecule has 0 radical (unpaired) electrons. The zero-order chi connectivity index (χ0) is 12.8. The van der Waals surface area contributed by atoms with Gasteiger partial charge in [-0.2, -0.15) is 0 Å². The quantitative estimate of drug-likeness (QED) is 0.743. The lowest BCUT2D eigenvalue weighted by atomic mass is 9.75. The standard InChI is InChI=1S/C15H27NO/c1-5-9-13-11(7-3)15(17)12(8-4)14(16-13)10-6-2/h5,9,11-14,16H,6-8,10H2,1-4H3/b9-5+/t11-,12-,13-,14+/m0/s1. The molecule has 1 aliphatic rings.